The van der Waals surface area contributed by atoms with Crippen LogP contribution in [0.3, 0.4) is 0 Å². The molecular formula is C17H17ClN3O3+. The highest BCUT2D eigenvalue weighted by Gasteiger charge is 2.15. The number of alkyl halides is 1. The molecular weight excluding hydrogens is 330 g/mol. The molecule has 1 aliphatic heterocycles. The van der Waals surface area contributed by atoms with Gasteiger partial charge in [-0.1, -0.05) is 0 Å². The molecule has 6 nitrogen and oxygen atoms in total. The van der Waals surface area contributed by atoms with Crippen LogP contribution in [-0.2, 0) is 4.79 Å². The number of hydrogen-bond donors (Lipinski definition) is 1. The van der Waals surface area contributed by atoms with Crippen LogP contribution in [0.15, 0.2) is 34.7 Å². The van der Waals surface area contributed by atoms with Crippen LogP contribution in [0.2, 0.25) is 0 Å². The minimum absolute atomic E-state index is 0.138. The fourth-order valence-electron chi connectivity index (χ4n) is 2.37. The SMILES string of the molecule is COc1cc2nc3ccc(=[N+](C)C)cc-3oc2cc1NC(=O)CCl. The van der Waals surface area contributed by atoms with Crippen molar-refractivity contribution >= 4 is 34.3 Å². The van der Waals surface area contributed by atoms with Crippen LogP contribution in [-0.4, -0.2) is 38.0 Å². The lowest BCUT2D eigenvalue weighted by molar-refractivity contribution is -0.113. The third-order valence-corrected chi connectivity index (χ3v) is 3.84. The van der Waals surface area contributed by atoms with Crippen molar-refractivity contribution in [1.29, 1.82) is 0 Å². The number of hydrogen-bond acceptors (Lipinski definition) is 4. The highest BCUT2D eigenvalue weighted by molar-refractivity contribution is 6.29. The second-order valence-electron chi connectivity index (χ2n) is 5.46. The van der Waals surface area contributed by atoms with Crippen molar-refractivity contribution < 1.29 is 13.9 Å². The molecule has 1 aromatic carbocycles. The molecule has 3 rings (SSSR count). The Morgan fingerprint density at radius 3 is 2.79 bits per heavy atom. The number of nitrogens with zero attached hydrogens (tertiary/aromatic N) is 2. The zero-order valence-corrected chi connectivity index (χ0v) is 14.3. The summed E-state index contributed by atoms with van der Waals surface area (Å²) < 4.78 is 13.3. The van der Waals surface area contributed by atoms with E-state index in [0.29, 0.717) is 28.3 Å². The van der Waals surface area contributed by atoms with Gasteiger partial charge in [0.1, 0.15) is 36.9 Å². The fourth-order valence-corrected chi connectivity index (χ4v) is 2.44. The number of halogens is 1. The molecule has 1 aromatic rings. The van der Waals surface area contributed by atoms with Gasteiger partial charge in [0.25, 0.3) is 0 Å². The number of amides is 1. The fraction of sp³-hybridized carbons (Fsp3) is 0.235. The van der Waals surface area contributed by atoms with Gasteiger partial charge >= 0.3 is 0 Å². The maximum Gasteiger partial charge on any atom is 0.239 e. The van der Waals surface area contributed by atoms with Gasteiger partial charge in [0.2, 0.25) is 11.3 Å². The number of benzene rings is 2. The van der Waals surface area contributed by atoms with Crippen LogP contribution in [0.1, 0.15) is 0 Å². The van der Waals surface area contributed by atoms with Gasteiger partial charge in [-0.05, 0) is 6.07 Å². The molecule has 0 aromatic heterocycles. The number of fused-ring (bicyclic) bond motifs is 2. The van der Waals surface area contributed by atoms with Crippen LogP contribution in [0.4, 0.5) is 5.69 Å². The van der Waals surface area contributed by atoms with E-state index in [1.807, 2.05) is 36.9 Å². The van der Waals surface area contributed by atoms with Gasteiger partial charge in [-0.15, -0.1) is 11.6 Å². The quantitative estimate of drug-likeness (QED) is 0.448. The number of nitrogens with one attached hydrogen (secondary N) is 1. The Kier molecular flexibility index (Phi) is 4.40. The van der Waals surface area contributed by atoms with Crippen molar-refractivity contribution in [2.45, 2.75) is 0 Å². The highest BCUT2D eigenvalue weighted by Crippen LogP contribution is 2.32. The van der Waals surface area contributed by atoms with E-state index in [2.05, 4.69) is 10.3 Å². The van der Waals surface area contributed by atoms with Crippen LogP contribution < -0.4 is 20.0 Å². The van der Waals surface area contributed by atoms with Crippen LogP contribution in [0.5, 0.6) is 5.75 Å². The van der Waals surface area contributed by atoms with E-state index in [1.165, 1.54) is 7.11 Å². The van der Waals surface area contributed by atoms with E-state index in [-0.39, 0.29) is 11.8 Å². The summed E-state index contributed by atoms with van der Waals surface area (Å²) in [5.41, 5.74) is 2.42. The zero-order valence-electron chi connectivity index (χ0n) is 13.6. The monoisotopic (exact) mass is 346 g/mol. The lowest BCUT2D eigenvalue weighted by Gasteiger charge is -2.12. The normalized spacial score (nSPS) is 10.8. The third-order valence-electron chi connectivity index (χ3n) is 3.60. The van der Waals surface area contributed by atoms with Crippen molar-refractivity contribution in [2.24, 2.45) is 0 Å². The number of aromatic nitrogens is 1. The smallest absolute Gasteiger partial charge is 0.239 e. The lowest BCUT2D eigenvalue weighted by Crippen LogP contribution is -2.21. The Morgan fingerprint density at radius 1 is 1.33 bits per heavy atom. The van der Waals surface area contributed by atoms with E-state index in [4.69, 9.17) is 20.8 Å². The first-order chi connectivity index (χ1) is 11.5. The predicted octanol–water partition coefficient (Wildman–Crippen LogP) is 2.15. The first-order valence-electron chi connectivity index (χ1n) is 7.30. The molecule has 0 bridgehead atoms. The van der Waals surface area contributed by atoms with Gasteiger partial charge in [-0.3, -0.25) is 4.79 Å². The molecule has 0 atom stereocenters. The number of ether oxygens (including phenoxy) is 1. The van der Waals surface area contributed by atoms with Crippen LogP contribution in [0, 0.1) is 0 Å². The lowest BCUT2D eigenvalue weighted by atomic mass is 10.2. The second kappa shape index (κ2) is 6.49. The summed E-state index contributed by atoms with van der Waals surface area (Å²) in [4.78, 5) is 16.2. The van der Waals surface area contributed by atoms with Crippen LogP contribution >= 0.6 is 11.6 Å². The maximum atomic E-state index is 11.6. The van der Waals surface area contributed by atoms with Crippen LogP contribution in [0.25, 0.3) is 22.6 Å². The molecule has 0 saturated carbocycles. The molecule has 1 amide bonds. The van der Waals surface area contributed by atoms with Gasteiger partial charge in [-0.25, -0.2) is 9.56 Å². The van der Waals surface area contributed by atoms with Gasteiger partial charge in [-0.2, -0.15) is 0 Å². The Hall–Kier alpha value is -2.60. The summed E-state index contributed by atoms with van der Waals surface area (Å²) in [5, 5.41) is 3.70. The minimum atomic E-state index is -0.321. The number of anilines is 1. The summed E-state index contributed by atoms with van der Waals surface area (Å²) >= 11 is 5.55. The topological polar surface area (TPSA) is 67.4 Å². The molecule has 0 fully saturated rings. The molecule has 1 aliphatic carbocycles. The largest absolute Gasteiger partial charge is 0.494 e. The van der Waals surface area contributed by atoms with Crippen molar-refractivity contribution in [3.63, 3.8) is 0 Å². The first kappa shape index (κ1) is 16.3. The molecule has 24 heavy (non-hydrogen) atoms. The van der Waals surface area contributed by atoms with Gasteiger partial charge in [0, 0.05) is 18.2 Å². The molecule has 7 heteroatoms. The average Bonchev–Trinajstić information content (AvgIpc) is 2.58. The van der Waals surface area contributed by atoms with E-state index >= 15 is 0 Å². The second-order valence-corrected chi connectivity index (χ2v) is 5.73. The van der Waals surface area contributed by atoms with Gasteiger partial charge in [0.05, 0.1) is 18.9 Å². The molecule has 124 valence electrons. The number of carbonyl (C=O) groups is 1. The summed E-state index contributed by atoms with van der Waals surface area (Å²) in [5.74, 6) is 0.694. The molecule has 2 aliphatic rings. The Bertz CT molecular complexity index is 961. The minimum Gasteiger partial charge on any atom is -0.494 e. The van der Waals surface area contributed by atoms with E-state index in [1.54, 1.807) is 12.1 Å². The highest BCUT2D eigenvalue weighted by atomic mass is 35.5. The Morgan fingerprint density at radius 2 is 2.12 bits per heavy atom. The van der Waals surface area contributed by atoms with Crippen molar-refractivity contribution in [3.05, 3.63) is 35.7 Å². The Labute approximate surface area is 143 Å². The third kappa shape index (κ3) is 3.05. The summed E-state index contributed by atoms with van der Waals surface area (Å²) in [6.45, 7) is 0. The van der Waals surface area contributed by atoms with Crippen molar-refractivity contribution in [3.8, 4) is 17.2 Å². The zero-order chi connectivity index (χ0) is 17.3. The average molecular weight is 347 g/mol. The molecule has 0 unspecified atom stereocenters. The van der Waals surface area contributed by atoms with E-state index in [9.17, 15) is 4.79 Å². The Balaban J connectivity index is 2.23. The standard InChI is InChI=1S/C17H16ClN3O3/c1-21(2)10-4-5-11-15(6-10)24-16-8-12(20-17(22)9-18)14(23-3)7-13(16)19-11/h4-8H,9H2,1-3H3/p+1. The number of carbonyl (C=O) groups excluding carboxylic acids is 1. The van der Waals surface area contributed by atoms with E-state index in [0.717, 1.165) is 11.1 Å². The maximum absolute atomic E-state index is 11.6. The molecule has 1 N–H and O–H groups in total. The predicted molar refractivity (Wildman–Crippen MR) is 93.6 cm³/mol. The van der Waals surface area contributed by atoms with Crippen molar-refractivity contribution in [1.82, 2.24) is 9.56 Å². The summed E-state index contributed by atoms with van der Waals surface area (Å²) in [6.07, 6.45) is 0. The first-order valence-corrected chi connectivity index (χ1v) is 7.84. The molecule has 1 heterocycles. The summed E-state index contributed by atoms with van der Waals surface area (Å²) in [7, 11) is 5.44. The number of methoxy groups -OCH3 is 1. The van der Waals surface area contributed by atoms with E-state index < -0.39 is 0 Å². The summed E-state index contributed by atoms with van der Waals surface area (Å²) in [6, 6.07) is 9.21. The van der Waals surface area contributed by atoms with Gasteiger partial charge in [0.15, 0.2) is 11.3 Å². The molecule has 0 radical (unpaired) electrons. The molecule has 0 saturated heterocycles. The van der Waals surface area contributed by atoms with Crippen molar-refractivity contribution in [2.75, 3.05) is 32.4 Å². The molecule has 0 spiro atoms. The van der Waals surface area contributed by atoms with Gasteiger partial charge < -0.3 is 14.5 Å². The number of rotatable bonds is 3.